The average molecular weight is 2080 g/mol. The number of hydrogen-bond donors (Lipinski definition) is 8. The molecule has 4 amide bonds. The lowest BCUT2D eigenvalue weighted by molar-refractivity contribution is 0.0734. The molecule has 0 atom stereocenters. The van der Waals surface area contributed by atoms with Crippen molar-refractivity contribution in [2.75, 3.05) is 52.4 Å². The smallest absolute Gasteiger partial charge is 0.286 e. The second-order valence-corrected chi connectivity index (χ2v) is 37.1. The Morgan fingerprint density at radius 2 is 0.606 bits per heavy atom. The highest BCUT2D eigenvalue weighted by molar-refractivity contribution is 6.37. The average Bonchev–Trinajstić information content (AvgIpc) is 1.41. The van der Waals surface area contributed by atoms with Crippen LogP contribution in [0.5, 0.6) is 0 Å². The van der Waals surface area contributed by atoms with Crippen molar-refractivity contribution < 1.29 is 34.5 Å². The van der Waals surface area contributed by atoms with Crippen LogP contribution in [0.3, 0.4) is 0 Å². The maximum Gasteiger partial charge on any atom is 0.286 e. The molecule has 4 fully saturated rings. The minimum Gasteiger partial charge on any atom is -0.392 e. The van der Waals surface area contributed by atoms with E-state index in [1.165, 1.54) is 16.0 Å². The summed E-state index contributed by atoms with van der Waals surface area (Å²) in [5.41, 5.74) is 25.3. The van der Waals surface area contributed by atoms with Crippen LogP contribution in [0.25, 0.3) is 113 Å². The Balaban J connectivity index is 0.000000130. The standard InChI is InChI=1S/2C24H24Cl2N8O2.C24H24Cl2N8O.C23H22Cl2N8O2/c1-32-23(27-30-31-32)16-7-5-15(6-8-16)22-18(14-35)21(24(36)29-33-11-3-2-4-12-33)28-34(22)20-10-9-17(25)13-19(20)26;1-32-29-23(27-31-32)16-7-5-15(6-8-16)22-18(14-35)21(24(36)30-33-11-3-2-4-12-33)28-34(22)20-10-9-17(25)13-19(20)26;1-15-21(24(35)30-33-12-4-3-5-13-33)28-34(20-11-10-18(25)14-19(20)26)22(15)16-6-8-17(9-7-16)23-27-31-32(2)29-23;24-16-8-9-19(18(25)12-16)33-21(14-4-6-15(7-5-14)22-26-30-31-27-22)17(13-34)20(28-33)23(35)29-32-10-2-1-3-11-32/h5-10,13,35H,2-4,11-12,14H2,1H3,(H,29,36);5-10,13,35H,2-4,11-12,14H2,1H3,(H,30,36);6-11,14H,3-5,12-13H2,1-2H3,(H,30,35);4-9,12,34H,1-3,10-11,13H2,(H,29,35)(H,26,27,30,31). The molecule has 142 heavy (non-hydrogen) atoms. The van der Waals surface area contributed by atoms with Crippen molar-refractivity contribution in [3.8, 4) is 113 Å². The monoisotopic (exact) mass is 2070 g/mol. The maximum absolute atomic E-state index is 13.3. The molecule has 0 unspecified atom stereocenters. The van der Waals surface area contributed by atoms with Crippen LogP contribution in [0.2, 0.25) is 40.2 Å². The van der Waals surface area contributed by atoms with Gasteiger partial charge in [0, 0.05) is 146 Å². The van der Waals surface area contributed by atoms with Gasteiger partial charge in [0.25, 0.3) is 23.6 Å². The number of hydrogen-bond acceptors (Lipinski definition) is 27. The molecule has 20 rings (SSSR count). The summed E-state index contributed by atoms with van der Waals surface area (Å²) < 4.78 is 8.00. The number of aryl methyl sites for hydroxylation is 3. The summed E-state index contributed by atoms with van der Waals surface area (Å²) >= 11 is 50.6. The molecule has 0 bridgehead atoms. The van der Waals surface area contributed by atoms with E-state index >= 15 is 0 Å². The van der Waals surface area contributed by atoms with Crippen molar-refractivity contribution in [1.82, 2.24) is 162 Å². The molecule has 39 nitrogen and oxygen atoms in total. The Bertz CT molecular complexity index is 7190. The second kappa shape index (κ2) is 45.8. The van der Waals surface area contributed by atoms with Crippen molar-refractivity contribution in [1.29, 1.82) is 0 Å². The predicted octanol–water partition coefficient (Wildman–Crippen LogP) is 15.4. The van der Waals surface area contributed by atoms with Gasteiger partial charge in [-0.1, -0.05) is 216 Å². The maximum atomic E-state index is 13.3. The highest BCUT2D eigenvalue weighted by atomic mass is 35.5. The summed E-state index contributed by atoms with van der Waals surface area (Å²) in [5.74, 6) is 0.696. The number of nitrogens with zero attached hydrogens (tertiary/aromatic N) is 27. The first-order valence-corrected chi connectivity index (χ1v) is 48.6. The van der Waals surface area contributed by atoms with Crippen LogP contribution in [-0.2, 0) is 41.0 Å². The second-order valence-electron chi connectivity index (χ2n) is 33.7. The number of rotatable bonds is 23. The van der Waals surface area contributed by atoms with Gasteiger partial charge >= 0.3 is 0 Å². The molecular formula is C95H94Cl8N32O7. The molecule has 732 valence electrons. The zero-order chi connectivity index (χ0) is 99.4. The number of H-pyrrole nitrogens is 1. The quantitative estimate of drug-likeness (QED) is 0.0295. The molecule has 8 aromatic heterocycles. The predicted molar refractivity (Wildman–Crippen MR) is 537 cm³/mol. The normalized spacial score (nSPS) is 14.2. The first-order valence-electron chi connectivity index (χ1n) is 45.6. The molecule has 4 aliphatic heterocycles. The number of aromatic amines is 1. The highest BCUT2D eigenvalue weighted by Gasteiger charge is 2.34. The van der Waals surface area contributed by atoms with Crippen LogP contribution in [0, 0.1) is 6.92 Å². The van der Waals surface area contributed by atoms with Crippen molar-refractivity contribution in [3.63, 3.8) is 0 Å². The van der Waals surface area contributed by atoms with Crippen LogP contribution in [-0.4, -0.2) is 232 Å². The number of carbonyl (C=O) groups is 4. The van der Waals surface area contributed by atoms with E-state index in [-0.39, 0.29) is 40.7 Å². The number of aliphatic hydroxyl groups excluding tert-OH is 3. The molecule has 4 saturated heterocycles. The third-order valence-corrected chi connectivity index (χ3v) is 26.2. The van der Waals surface area contributed by atoms with Crippen molar-refractivity contribution in [3.05, 3.63) is 255 Å². The largest absolute Gasteiger partial charge is 0.392 e. The van der Waals surface area contributed by atoms with Gasteiger partial charge in [0.05, 0.1) is 99.5 Å². The van der Waals surface area contributed by atoms with Crippen LogP contribution in [0.1, 0.15) is 141 Å². The number of piperidine rings is 4. The van der Waals surface area contributed by atoms with E-state index < -0.39 is 19.8 Å². The molecule has 47 heteroatoms. The molecule has 12 heterocycles. The van der Waals surface area contributed by atoms with Gasteiger partial charge in [0.1, 0.15) is 0 Å². The van der Waals surface area contributed by atoms with E-state index in [0.717, 1.165) is 179 Å². The van der Waals surface area contributed by atoms with Gasteiger partial charge < -0.3 is 15.3 Å². The van der Waals surface area contributed by atoms with Crippen LogP contribution in [0.15, 0.2) is 170 Å². The van der Waals surface area contributed by atoms with Gasteiger partial charge in [0.15, 0.2) is 28.6 Å². The van der Waals surface area contributed by atoms with Crippen molar-refractivity contribution in [2.24, 2.45) is 21.1 Å². The number of aliphatic hydroxyl groups is 3. The molecule has 8 aromatic carbocycles. The lowest BCUT2D eigenvalue weighted by Gasteiger charge is -2.26. The first kappa shape index (κ1) is 100. The third-order valence-electron chi connectivity index (χ3n) is 24.1. The topological polar surface area (TPSA) is 447 Å². The fourth-order valence-corrected chi connectivity index (χ4v) is 19.0. The van der Waals surface area contributed by atoms with E-state index in [1.54, 1.807) is 117 Å². The minimum atomic E-state index is -0.393. The lowest BCUT2D eigenvalue weighted by atomic mass is 10.0. The van der Waals surface area contributed by atoms with E-state index in [9.17, 15) is 34.5 Å². The molecule has 16 aromatic rings. The minimum absolute atomic E-state index is 0.126. The van der Waals surface area contributed by atoms with Crippen LogP contribution >= 0.6 is 92.8 Å². The van der Waals surface area contributed by atoms with Gasteiger partial charge in [-0.25, -0.2) is 43.4 Å². The number of halogens is 8. The van der Waals surface area contributed by atoms with Gasteiger partial charge in [-0.2, -0.15) is 35.2 Å². The molecule has 0 spiro atoms. The Morgan fingerprint density at radius 3 is 0.880 bits per heavy atom. The summed E-state index contributed by atoms with van der Waals surface area (Å²) in [4.78, 5) is 55.9. The number of nitrogens with one attached hydrogen (secondary N) is 5. The van der Waals surface area contributed by atoms with Gasteiger partial charge in [-0.15, -0.1) is 35.7 Å². The van der Waals surface area contributed by atoms with Crippen molar-refractivity contribution in [2.45, 2.75) is 104 Å². The number of hydrazine groups is 4. The molecule has 0 saturated carbocycles. The SMILES string of the molecule is Cc1c(C(=O)NN2CCCCC2)nn(-c2ccc(Cl)cc2Cl)c1-c1ccc(-c2nnn(C)n2)cc1.Cn1nnc(-c2ccc(-c3c(CO)c(C(=O)NN4CCCCC4)nn3-c3ccc(Cl)cc3Cl)cc2)n1.Cn1nnnc1-c1ccc(-c2c(CO)c(C(=O)NN3CCCCC3)nn2-c2ccc(Cl)cc2Cl)cc1.O=C(NN1CCCCC1)c1nn(-c2ccc(Cl)cc2Cl)c(-c2ccc(-c3nn[nH]n3)cc2)c1CO. The molecular weight excluding hydrogens is 1980 g/mol. The van der Waals surface area contributed by atoms with Gasteiger partial charge in [0.2, 0.25) is 17.5 Å². The Labute approximate surface area is 852 Å². The summed E-state index contributed by atoms with van der Waals surface area (Å²) in [7, 11) is 5.18. The molecule has 4 aliphatic rings. The van der Waals surface area contributed by atoms with E-state index in [4.69, 9.17) is 97.9 Å². The Morgan fingerprint density at radius 1 is 0.324 bits per heavy atom. The number of benzene rings is 8. The lowest BCUT2D eigenvalue weighted by Crippen LogP contribution is -2.45. The molecule has 8 N–H and O–H groups in total. The van der Waals surface area contributed by atoms with Gasteiger partial charge in [-0.3, -0.25) is 40.9 Å². The molecule has 0 radical (unpaired) electrons. The zero-order valence-corrected chi connectivity index (χ0v) is 83.0. The third kappa shape index (κ3) is 22.9. The van der Waals surface area contributed by atoms with E-state index in [1.807, 2.05) is 124 Å². The number of aromatic nitrogens is 24. The number of tetrazole rings is 4. The summed E-state index contributed by atoms with van der Waals surface area (Å²) in [6, 6.07) is 50.3. The number of carbonyl (C=O) groups excluding carboxylic acids is 4. The summed E-state index contributed by atoms with van der Waals surface area (Å²) in [6.07, 6.45) is 12.8. The van der Waals surface area contributed by atoms with Crippen LogP contribution < -0.4 is 21.7 Å². The molecule has 0 aliphatic carbocycles. The fourth-order valence-electron chi connectivity index (χ4n) is 17.1. The van der Waals surface area contributed by atoms with Crippen LogP contribution in [0.4, 0.5) is 0 Å². The van der Waals surface area contributed by atoms with E-state index in [0.29, 0.717) is 126 Å². The Kier molecular flexibility index (Phi) is 32.4. The van der Waals surface area contributed by atoms with E-state index in [2.05, 4.69) is 104 Å². The summed E-state index contributed by atoms with van der Waals surface area (Å²) in [6.45, 7) is 7.02. The summed E-state index contributed by atoms with van der Waals surface area (Å²) in [5, 5.41) is 111. The van der Waals surface area contributed by atoms with Gasteiger partial charge in [-0.05, 0) is 157 Å². The van der Waals surface area contributed by atoms with Crippen molar-refractivity contribution >= 4 is 116 Å². The Hall–Kier alpha value is -13.2. The first-order chi connectivity index (χ1) is 68.8. The highest BCUT2D eigenvalue weighted by Crippen LogP contribution is 2.41. The number of amides is 4. The fraction of sp³-hybridized carbons (Fsp3) is 0.284. The zero-order valence-electron chi connectivity index (χ0n) is 77.0.